The van der Waals surface area contributed by atoms with Gasteiger partial charge in [0.2, 0.25) is 0 Å². The van der Waals surface area contributed by atoms with Gasteiger partial charge in [0.1, 0.15) is 11.6 Å². The molecular formula is C15H14BrClFNO. The molecule has 2 aromatic carbocycles. The van der Waals surface area contributed by atoms with Crippen LogP contribution in [0, 0.1) is 5.82 Å². The van der Waals surface area contributed by atoms with Crippen LogP contribution in [0.5, 0.6) is 5.75 Å². The number of benzene rings is 2. The Kier molecular flexibility index (Phi) is 5.02. The van der Waals surface area contributed by atoms with Crippen LogP contribution in [-0.2, 0) is 6.42 Å². The molecule has 0 saturated carbocycles. The highest BCUT2D eigenvalue weighted by molar-refractivity contribution is 9.10. The first kappa shape index (κ1) is 15.3. The SMILES string of the molecule is COc1ccc(Cl)cc1CC(N)c1cc(F)ccc1Br. The fraction of sp³-hybridized carbons (Fsp3) is 0.200. The zero-order valence-corrected chi connectivity index (χ0v) is 13.2. The number of nitrogens with two attached hydrogens (primary N) is 1. The molecule has 0 amide bonds. The fourth-order valence-electron chi connectivity index (χ4n) is 2.05. The number of hydrogen-bond donors (Lipinski definition) is 1. The lowest BCUT2D eigenvalue weighted by atomic mass is 9.99. The second kappa shape index (κ2) is 6.57. The molecule has 1 unspecified atom stereocenters. The lowest BCUT2D eigenvalue weighted by molar-refractivity contribution is 0.408. The third-order valence-electron chi connectivity index (χ3n) is 3.04. The molecule has 2 rings (SSSR count). The lowest BCUT2D eigenvalue weighted by Crippen LogP contribution is -2.14. The molecule has 2 aromatic rings. The van der Waals surface area contributed by atoms with Gasteiger partial charge in [-0.2, -0.15) is 0 Å². The smallest absolute Gasteiger partial charge is 0.123 e. The van der Waals surface area contributed by atoms with E-state index in [9.17, 15) is 4.39 Å². The summed E-state index contributed by atoms with van der Waals surface area (Å²) >= 11 is 9.38. The molecule has 0 spiro atoms. The van der Waals surface area contributed by atoms with E-state index in [1.165, 1.54) is 12.1 Å². The van der Waals surface area contributed by atoms with E-state index in [1.54, 1.807) is 25.3 Å². The van der Waals surface area contributed by atoms with Crippen molar-refractivity contribution in [3.63, 3.8) is 0 Å². The molecule has 1 atom stereocenters. The van der Waals surface area contributed by atoms with E-state index in [0.717, 1.165) is 15.8 Å². The van der Waals surface area contributed by atoms with Crippen LogP contribution in [0.25, 0.3) is 0 Å². The zero-order valence-electron chi connectivity index (χ0n) is 10.9. The Morgan fingerprint density at radius 2 is 2.05 bits per heavy atom. The minimum absolute atomic E-state index is 0.309. The summed E-state index contributed by atoms with van der Waals surface area (Å²) in [7, 11) is 1.59. The Balaban J connectivity index is 2.29. The van der Waals surface area contributed by atoms with Crippen molar-refractivity contribution in [2.75, 3.05) is 7.11 Å². The summed E-state index contributed by atoms with van der Waals surface area (Å²) in [4.78, 5) is 0. The predicted molar refractivity (Wildman–Crippen MR) is 82.7 cm³/mol. The normalized spacial score (nSPS) is 12.2. The maximum Gasteiger partial charge on any atom is 0.123 e. The number of rotatable bonds is 4. The van der Waals surface area contributed by atoms with Crippen LogP contribution in [-0.4, -0.2) is 7.11 Å². The minimum atomic E-state index is -0.354. The Morgan fingerprint density at radius 3 is 2.75 bits per heavy atom. The molecule has 0 radical (unpaired) electrons. The summed E-state index contributed by atoms with van der Waals surface area (Å²) in [5.41, 5.74) is 7.78. The van der Waals surface area contributed by atoms with Gasteiger partial charge in [-0.15, -0.1) is 0 Å². The number of halogens is 3. The molecule has 0 heterocycles. The molecule has 106 valence electrons. The average Bonchev–Trinajstić information content (AvgIpc) is 2.41. The summed E-state index contributed by atoms with van der Waals surface area (Å²) in [6, 6.07) is 9.49. The van der Waals surface area contributed by atoms with Crippen LogP contribution in [0.15, 0.2) is 40.9 Å². The largest absolute Gasteiger partial charge is 0.496 e. The van der Waals surface area contributed by atoms with Gasteiger partial charge in [-0.05, 0) is 53.9 Å². The summed E-state index contributed by atoms with van der Waals surface area (Å²) in [5.74, 6) is 0.411. The van der Waals surface area contributed by atoms with E-state index >= 15 is 0 Å². The van der Waals surface area contributed by atoms with Gasteiger partial charge in [-0.1, -0.05) is 27.5 Å². The maximum atomic E-state index is 13.3. The van der Waals surface area contributed by atoms with Crippen molar-refractivity contribution >= 4 is 27.5 Å². The van der Waals surface area contributed by atoms with Crippen molar-refractivity contribution in [1.29, 1.82) is 0 Å². The molecule has 0 bridgehead atoms. The van der Waals surface area contributed by atoms with Crippen LogP contribution >= 0.6 is 27.5 Å². The highest BCUT2D eigenvalue weighted by Gasteiger charge is 2.14. The molecule has 0 aliphatic heterocycles. The minimum Gasteiger partial charge on any atom is -0.496 e. The Hall–Kier alpha value is -1.10. The summed E-state index contributed by atoms with van der Waals surface area (Å²) in [5, 5.41) is 0.617. The van der Waals surface area contributed by atoms with Crippen LogP contribution in [0.3, 0.4) is 0 Å². The molecule has 2 nitrogen and oxygen atoms in total. The summed E-state index contributed by atoms with van der Waals surface area (Å²) < 4.78 is 19.4. The maximum absolute atomic E-state index is 13.3. The van der Waals surface area contributed by atoms with E-state index in [1.807, 2.05) is 6.07 Å². The third kappa shape index (κ3) is 3.51. The van der Waals surface area contributed by atoms with Gasteiger partial charge in [-0.3, -0.25) is 0 Å². The van der Waals surface area contributed by atoms with E-state index in [2.05, 4.69) is 15.9 Å². The second-order valence-electron chi connectivity index (χ2n) is 4.43. The molecule has 0 aromatic heterocycles. The van der Waals surface area contributed by atoms with Gasteiger partial charge in [0.25, 0.3) is 0 Å². The molecule has 0 aliphatic rings. The van der Waals surface area contributed by atoms with E-state index in [-0.39, 0.29) is 11.9 Å². The first-order chi connectivity index (χ1) is 9.51. The van der Waals surface area contributed by atoms with Crippen molar-refractivity contribution in [3.8, 4) is 5.75 Å². The van der Waals surface area contributed by atoms with E-state index in [4.69, 9.17) is 22.1 Å². The number of hydrogen-bond acceptors (Lipinski definition) is 2. The predicted octanol–water partition coefficient (Wildman–Crippen LogP) is 4.49. The van der Waals surface area contributed by atoms with Gasteiger partial charge in [-0.25, -0.2) is 4.39 Å². The summed E-state index contributed by atoms with van der Waals surface area (Å²) in [6.45, 7) is 0. The number of methoxy groups -OCH3 is 1. The van der Waals surface area contributed by atoms with Crippen LogP contribution in [0.2, 0.25) is 5.02 Å². The first-order valence-electron chi connectivity index (χ1n) is 6.04. The van der Waals surface area contributed by atoms with E-state index in [0.29, 0.717) is 17.0 Å². The monoisotopic (exact) mass is 357 g/mol. The van der Waals surface area contributed by atoms with Crippen molar-refractivity contribution < 1.29 is 9.13 Å². The van der Waals surface area contributed by atoms with Gasteiger partial charge >= 0.3 is 0 Å². The molecule has 5 heteroatoms. The molecule has 2 N–H and O–H groups in total. The van der Waals surface area contributed by atoms with Gasteiger partial charge in [0.05, 0.1) is 7.11 Å². The first-order valence-corrected chi connectivity index (χ1v) is 7.21. The van der Waals surface area contributed by atoms with Crippen molar-refractivity contribution in [2.24, 2.45) is 5.73 Å². The lowest BCUT2D eigenvalue weighted by Gasteiger charge is -2.16. The molecule has 20 heavy (non-hydrogen) atoms. The highest BCUT2D eigenvalue weighted by Crippen LogP contribution is 2.30. The molecule has 0 saturated heterocycles. The Morgan fingerprint density at radius 1 is 1.30 bits per heavy atom. The Labute approximate surface area is 130 Å². The van der Waals surface area contributed by atoms with E-state index < -0.39 is 0 Å². The van der Waals surface area contributed by atoms with Gasteiger partial charge in [0.15, 0.2) is 0 Å². The van der Waals surface area contributed by atoms with Gasteiger partial charge in [0, 0.05) is 15.5 Å². The second-order valence-corrected chi connectivity index (χ2v) is 5.72. The molecule has 0 fully saturated rings. The summed E-state index contributed by atoms with van der Waals surface area (Å²) in [6.07, 6.45) is 0.506. The van der Waals surface area contributed by atoms with Crippen LogP contribution < -0.4 is 10.5 Å². The molecule has 0 aliphatic carbocycles. The third-order valence-corrected chi connectivity index (χ3v) is 4.00. The highest BCUT2D eigenvalue weighted by atomic mass is 79.9. The zero-order chi connectivity index (χ0) is 14.7. The molecular weight excluding hydrogens is 345 g/mol. The van der Waals surface area contributed by atoms with Crippen LogP contribution in [0.1, 0.15) is 17.2 Å². The van der Waals surface area contributed by atoms with Crippen LogP contribution in [0.4, 0.5) is 4.39 Å². The van der Waals surface area contributed by atoms with Crippen molar-refractivity contribution in [3.05, 3.63) is 62.8 Å². The van der Waals surface area contributed by atoms with Gasteiger partial charge < -0.3 is 10.5 Å². The van der Waals surface area contributed by atoms with Crippen molar-refractivity contribution in [2.45, 2.75) is 12.5 Å². The fourth-order valence-corrected chi connectivity index (χ4v) is 2.79. The Bertz CT molecular complexity index is 621. The van der Waals surface area contributed by atoms with Crippen molar-refractivity contribution in [1.82, 2.24) is 0 Å². The number of ether oxygens (including phenoxy) is 1. The average molecular weight is 359 g/mol. The topological polar surface area (TPSA) is 35.2 Å². The quantitative estimate of drug-likeness (QED) is 0.874. The standard InChI is InChI=1S/C15H14BrClFNO/c1-20-15-5-2-10(17)6-9(15)7-14(19)12-8-11(18)3-4-13(12)16/h2-6,8,14H,7,19H2,1H3.